The van der Waals surface area contributed by atoms with Crippen molar-refractivity contribution in [2.45, 2.75) is 19.1 Å². The molecule has 3 aromatic rings. The molecule has 2 aromatic carbocycles. The number of hydrogen-bond acceptors (Lipinski definition) is 3. The summed E-state index contributed by atoms with van der Waals surface area (Å²) in [5.41, 5.74) is 6.16. The molecule has 1 heterocycles. The van der Waals surface area contributed by atoms with Crippen LogP contribution >= 0.6 is 0 Å². The van der Waals surface area contributed by atoms with Gasteiger partial charge in [0.2, 0.25) is 0 Å². The van der Waals surface area contributed by atoms with Gasteiger partial charge < -0.3 is 4.42 Å². The summed E-state index contributed by atoms with van der Waals surface area (Å²) < 4.78 is 44.1. The van der Waals surface area contributed by atoms with Crippen LogP contribution in [0.1, 0.15) is 17.5 Å². The van der Waals surface area contributed by atoms with E-state index < -0.39 is 23.4 Å². The lowest BCUT2D eigenvalue weighted by Gasteiger charge is -2.06. The van der Waals surface area contributed by atoms with Crippen molar-refractivity contribution < 1.29 is 27.4 Å². The van der Waals surface area contributed by atoms with E-state index in [0.29, 0.717) is 11.1 Å². The second-order valence-corrected chi connectivity index (χ2v) is 5.77. The highest BCUT2D eigenvalue weighted by Gasteiger charge is 2.30. The van der Waals surface area contributed by atoms with Crippen molar-refractivity contribution in [3.63, 3.8) is 0 Å². The molecule has 0 aliphatic rings. The van der Waals surface area contributed by atoms with Crippen molar-refractivity contribution >= 4 is 22.8 Å². The summed E-state index contributed by atoms with van der Waals surface area (Å²) >= 11 is 0. The van der Waals surface area contributed by atoms with Gasteiger partial charge >= 0.3 is 17.8 Å². The number of halogens is 3. The number of aromatic nitrogens is 1. The minimum Gasteiger partial charge on any atom is -0.408 e. The third-order valence-corrected chi connectivity index (χ3v) is 3.93. The third-order valence-electron chi connectivity index (χ3n) is 3.93. The SMILES string of the molecule is NC(=[NH+]C(=O)CCn1c(=O)oc2ccccc21)c1ccc(C(F)(F)F)cc1. The van der Waals surface area contributed by atoms with E-state index in [1.54, 1.807) is 24.3 Å². The van der Waals surface area contributed by atoms with Gasteiger partial charge in [0, 0.05) is 6.54 Å². The summed E-state index contributed by atoms with van der Waals surface area (Å²) in [6, 6.07) is 10.9. The van der Waals surface area contributed by atoms with Crippen LogP contribution < -0.4 is 16.5 Å². The maximum atomic E-state index is 12.6. The number of oxazole rings is 1. The molecule has 0 aliphatic carbocycles. The number of para-hydroxylation sites is 2. The number of amides is 1. The normalized spacial score (nSPS) is 12.5. The van der Waals surface area contributed by atoms with Gasteiger partial charge in [-0.1, -0.05) is 12.1 Å². The molecule has 0 radical (unpaired) electrons. The quantitative estimate of drug-likeness (QED) is 0.524. The number of rotatable bonds is 4. The molecule has 0 atom stereocenters. The zero-order chi connectivity index (χ0) is 19.6. The zero-order valence-electron chi connectivity index (χ0n) is 13.9. The van der Waals surface area contributed by atoms with Gasteiger partial charge in [-0.15, -0.1) is 0 Å². The molecule has 0 saturated carbocycles. The fourth-order valence-electron chi connectivity index (χ4n) is 2.56. The van der Waals surface area contributed by atoms with Gasteiger partial charge in [0.15, 0.2) is 5.58 Å². The average Bonchev–Trinajstić information content (AvgIpc) is 2.94. The lowest BCUT2D eigenvalue weighted by molar-refractivity contribution is -0.378. The lowest BCUT2D eigenvalue weighted by atomic mass is 10.1. The fraction of sp³-hybridized carbons (Fsp3) is 0.167. The van der Waals surface area contributed by atoms with Gasteiger partial charge in [0.05, 0.1) is 23.1 Å². The van der Waals surface area contributed by atoms with Crippen molar-refractivity contribution in [1.82, 2.24) is 4.57 Å². The number of carbonyl (C=O) groups excluding carboxylic acids is 1. The Bertz CT molecular complexity index is 1060. The number of hydrogen-bond donors (Lipinski definition) is 2. The number of nitrogen functional groups attached to an aromatic ring is 1. The van der Waals surface area contributed by atoms with Crippen molar-refractivity contribution in [1.29, 1.82) is 0 Å². The smallest absolute Gasteiger partial charge is 0.408 e. The Balaban J connectivity index is 1.71. The minimum absolute atomic E-state index is 0.0647. The standard InChI is InChI=1S/C18H14F3N3O3/c19-18(20,21)12-7-5-11(6-8-12)16(22)23-15(25)9-10-24-13-3-1-2-4-14(13)27-17(24)26/h1-8H,9-10H2,(H2,22,23,25)/p+1. The Morgan fingerprint density at radius 1 is 1.11 bits per heavy atom. The highest BCUT2D eigenvalue weighted by Crippen LogP contribution is 2.28. The Labute approximate surface area is 150 Å². The van der Waals surface area contributed by atoms with Gasteiger partial charge in [0.25, 0.3) is 5.84 Å². The topological polar surface area (TPSA) is 92.2 Å². The second kappa shape index (κ2) is 7.10. The van der Waals surface area contributed by atoms with E-state index in [4.69, 9.17) is 10.2 Å². The summed E-state index contributed by atoms with van der Waals surface area (Å²) in [6.45, 7) is 0.0714. The molecule has 3 rings (SSSR count). The van der Waals surface area contributed by atoms with Crippen molar-refractivity contribution in [2.24, 2.45) is 5.73 Å². The molecule has 3 N–H and O–H groups in total. The Morgan fingerprint density at radius 2 is 1.78 bits per heavy atom. The number of fused-ring (bicyclic) bond motifs is 1. The number of aryl methyl sites for hydroxylation is 1. The molecule has 9 heteroatoms. The van der Waals surface area contributed by atoms with Crippen LogP contribution in [0.3, 0.4) is 0 Å². The first-order chi connectivity index (χ1) is 12.8. The van der Waals surface area contributed by atoms with E-state index in [2.05, 4.69) is 4.99 Å². The van der Waals surface area contributed by atoms with E-state index in [1.165, 1.54) is 16.7 Å². The van der Waals surface area contributed by atoms with Crippen LogP contribution in [-0.2, 0) is 17.5 Å². The molecular weight excluding hydrogens is 363 g/mol. The first-order valence-corrected chi connectivity index (χ1v) is 7.94. The molecule has 0 unspecified atom stereocenters. The van der Waals surface area contributed by atoms with E-state index >= 15 is 0 Å². The first kappa shape index (κ1) is 18.4. The van der Waals surface area contributed by atoms with E-state index in [9.17, 15) is 22.8 Å². The van der Waals surface area contributed by atoms with E-state index in [0.717, 1.165) is 12.1 Å². The monoisotopic (exact) mass is 378 g/mol. The van der Waals surface area contributed by atoms with Gasteiger partial charge in [0.1, 0.15) is 0 Å². The predicted molar refractivity (Wildman–Crippen MR) is 90.8 cm³/mol. The molecule has 0 fully saturated rings. The molecule has 6 nitrogen and oxygen atoms in total. The number of alkyl halides is 3. The fourth-order valence-corrected chi connectivity index (χ4v) is 2.56. The average molecular weight is 378 g/mol. The molecule has 27 heavy (non-hydrogen) atoms. The minimum atomic E-state index is -4.45. The van der Waals surface area contributed by atoms with Crippen LogP contribution in [0.5, 0.6) is 0 Å². The highest BCUT2D eigenvalue weighted by molar-refractivity contribution is 5.95. The molecule has 140 valence electrons. The van der Waals surface area contributed by atoms with E-state index in [1.807, 2.05) is 0 Å². The summed E-state index contributed by atoms with van der Waals surface area (Å²) in [7, 11) is 0. The zero-order valence-corrected chi connectivity index (χ0v) is 13.9. The van der Waals surface area contributed by atoms with Crippen LogP contribution in [-0.4, -0.2) is 16.3 Å². The summed E-state index contributed by atoms with van der Waals surface area (Å²) in [4.78, 5) is 26.3. The lowest BCUT2D eigenvalue weighted by Crippen LogP contribution is -2.79. The predicted octanol–water partition coefficient (Wildman–Crippen LogP) is 1.02. The number of carbonyl (C=O) groups is 1. The molecule has 0 spiro atoms. The van der Waals surface area contributed by atoms with Crippen molar-refractivity contribution in [3.05, 3.63) is 70.2 Å². The Hall–Kier alpha value is -3.36. The van der Waals surface area contributed by atoms with Crippen LogP contribution in [0.2, 0.25) is 0 Å². The molecule has 1 amide bonds. The van der Waals surface area contributed by atoms with E-state index in [-0.39, 0.29) is 24.4 Å². The van der Waals surface area contributed by atoms with Gasteiger partial charge in [-0.2, -0.15) is 13.2 Å². The number of nitrogens with one attached hydrogen (secondary N) is 1. The summed E-state index contributed by atoms with van der Waals surface area (Å²) in [5.74, 6) is -1.13. The van der Waals surface area contributed by atoms with Crippen LogP contribution in [0.15, 0.2) is 57.7 Å². The number of nitrogens with zero attached hydrogens (tertiary/aromatic N) is 1. The van der Waals surface area contributed by atoms with Gasteiger partial charge in [-0.05, 0) is 36.4 Å². The largest absolute Gasteiger partial charge is 0.419 e. The Morgan fingerprint density at radius 3 is 2.44 bits per heavy atom. The summed E-state index contributed by atoms with van der Waals surface area (Å²) in [6.07, 6.45) is -4.51. The van der Waals surface area contributed by atoms with Crippen LogP contribution in [0, 0.1) is 0 Å². The first-order valence-electron chi connectivity index (χ1n) is 7.94. The van der Waals surface area contributed by atoms with Crippen LogP contribution in [0.4, 0.5) is 13.2 Å². The molecule has 1 aromatic heterocycles. The number of amidine groups is 1. The molecular formula is C18H15F3N3O3+. The molecule has 0 bridgehead atoms. The second-order valence-electron chi connectivity index (χ2n) is 5.77. The Kier molecular flexibility index (Phi) is 4.85. The van der Waals surface area contributed by atoms with Crippen molar-refractivity contribution in [3.8, 4) is 0 Å². The van der Waals surface area contributed by atoms with Gasteiger partial charge in [-0.3, -0.25) is 10.3 Å². The van der Waals surface area contributed by atoms with Gasteiger partial charge in [-0.25, -0.2) is 14.6 Å². The summed E-state index contributed by atoms with van der Waals surface area (Å²) in [5, 5.41) is 0. The number of nitrogens with two attached hydrogens (primary N) is 1. The third kappa shape index (κ3) is 4.08. The maximum absolute atomic E-state index is 12.6. The van der Waals surface area contributed by atoms with Crippen LogP contribution in [0.25, 0.3) is 11.1 Å². The maximum Gasteiger partial charge on any atom is 0.419 e. The van der Waals surface area contributed by atoms with Crippen molar-refractivity contribution in [2.75, 3.05) is 0 Å². The molecule has 0 saturated heterocycles. The molecule has 0 aliphatic heterocycles. The highest BCUT2D eigenvalue weighted by atomic mass is 19.4. The number of benzene rings is 2.